The molecule has 0 radical (unpaired) electrons. The van der Waals surface area contributed by atoms with Gasteiger partial charge in [-0.1, -0.05) is 70.8 Å². The van der Waals surface area contributed by atoms with Gasteiger partial charge in [-0.05, 0) is 55.0 Å². The quantitative estimate of drug-likeness (QED) is 0.394. The molecule has 156 valence electrons. The topological polar surface area (TPSA) is 49.4 Å². The van der Waals surface area contributed by atoms with Crippen LogP contribution in [-0.4, -0.2) is 11.8 Å². The molecule has 2 amide bonds. The Bertz CT molecular complexity index is 1230. The second-order valence-corrected chi connectivity index (χ2v) is 9.02. The fraction of sp³-hybridized carbons (Fsp3) is 0.0435. The molecule has 1 heterocycles. The lowest BCUT2D eigenvalue weighted by Crippen LogP contribution is -2.32. The molecule has 31 heavy (non-hydrogen) atoms. The average molecular weight is 490 g/mol. The molecule has 0 saturated heterocycles. The Hall–Kier alpha value is -2.44. The number of halogens is 3. The number of benzene rings is 3. The van der Waals surface area contributed by atoms with Crippen LogP contribution in [0.1, 0.15) is 5.56 Å². The highest BCUT2D eigenvalue weighted by Gasteiger charge is 2.41. The lowest BCUT2D eigenvalue weighted by Gasteiger charge is -2.17. The molecule has 1 aliphatic heterocycles. The summed E-state index contributed by atoms with van der Waals surface area (Å²) >= 11 is 19.6. The third kappa shape index (κ3) is 4.32. The first kappa shape index (κ1) is 21.8. The van der Waals surface area contributed by atoms with Crippen molar-refractivity contribution in [3.63, 3.8) is 0 Å². The molecule has 1 aliphatic rings. The Morgan fingerprint density at radius 1 is 0.839 bits per heavy atom. The second kappa shape index (κ2) is 8.97. The molecule has 4 rings (SSSR count). The van der Waals surface area contributed by atoms with E-state index < -0.39 is 11.8 Å². The van der Waals surface area contributed by atoms with Crippen LogP contribution in [0.25, 0.3) is 0 Å². The van der Waals surface area contributed by atoms with Crippen LogP contribution in [-0.2, 0) is 9.59 Å². The van der Waals surface area contributed by atoms with E-state index in [-0.39, 0.29) is 26.3 Å². The molecule has 0 spiro atoms. The van der Waals surface area contributed by atoms with Crippen molar-refractivity contribution in [2.24, 2.45) is 0 Å². The number of thioether (sulfide) groups is 1. The van der Waals surface area contributed by atoms with E-state index in [1.807, 2.05) is 31.2 Å². The summed E-state index contributed by atoms with van der Waals surface area (Å²) in [5.74, 6) is -0.987. The molecule has 3 aromatic rings. The number of aryl methyl sites for hydroxylation is 1. The molecule has 0 bridgehead atoms. The van der Waals surface area contributed by atoms with Crippen molar-refractivity contribution < 1.29 is 9.59 Å². The second-order valence-electron chi connectivity index (χ2n) is 6.72. The minimum atomic E-state index is -0.506. The molecular formula is C23H15Cl3N2O2S. The average Bonchev–Trinajstić information content (AvgIpc) is 2.97. The van der Waals surface area contributed by atoms with Gasteiger partial charge < -0.3 is 5.32 Å². The first-order valence-electron chi connectivity index (χ1n) is 9.20. The minimum absolute atomic E-state index is 0.138. The van der Waals surface area contributed by atoms with Crippen LogP contribution in [0.2, 0.25) is 15.1 Å². The van der Waals surface area contributed by atoms with Gasteiger partial charge in [-0.15, -0.1) is 0 Å². The van der Waals surface area contributed by atoms with Gasteiger partial charge in [-0.3, -0.25) is 9.59 Å². The summed E-state index contributed by atoms with van der Waals surface area (Å²) in [5.41, 5.74) is 2.08. The normalized spacial score (nSPS) is 13.9. The summed E-state index contributed by atoms with van der Waals surface area (Å²) in [7, 11) is 0. The van der Waals surface area contributed by atoms with Crippen molar-refractivity contribution in [1.29, 1.82) is 0 Å². The standard InChI is InChI=1S/C23H15Cl3N2O2S/c1-13-5-2-3-7-17(13)27-20-21(31-15-11-9-14(24)10-12-15)23(30)28(22(20)29)18-8-4-6-16(25)19(18)26/h2-12,27H,1H3. The first-order valence-corrected chi connectivity index (χ1v) is 11.1. The van der Waals surface area contributed by atoms with E-state index in [0.29, 0.717) is 5.02 Å². The number of rotatable bonds is 5. The number of carbonyl (C=O) groups excluding carboxylic acids is 2. The number of nitrogens with one attached hydrogen (secondary N) is 1. The molecule has 3 aromatic carbocycles. The molecule has 0 saturated carbocycles. The first-order chi connectivity index (χ1) is 14.9. The highest BCUT2D eigenvalue weighted by atomic mass is 35.5. The van der Waals surface area contributed by atoms with Gasteiger partial charge in [0, 0.05) is 15.6 Å². The molecule has 0 fully saturated rings. The van der Waals surface area contributed by atoms with Crippen molar-refractivity contribution in [3.8, 4) is 0 Å². The number of hydrogen-bond donors (Lipinski definition) is 1. The molecule has 0 atom stereocenters. The van der Waals surface area contributed by atoms with Gasteiger partial charge >= 0.3 is 0 Å². The van der Waals surface area contributed by atoms with Crippen LogP contribution in [0.3, 0.4) is 0 Å². The number of hydrogen-bond acceptors (Lipinski definition) is 4. The lowest BCUT2D eigenvalue weighted by molar-refractivity contribution is -0.120. The highest BCUT2D eigenvalue weighted by Crippen LogP contribution is 2.41. The third-order valence-corrected chi connectivity index (χ3v) is 6.80. The van der Waals surface area contributed by atoms with Gasteiger partial charge in [-0.25, -0.2) is 4.90 Å². The summed E-state index contributed by atoms with van der Waals surface area (Å²) in [4.78, 5) is 28.9. The van der Waals surface area contributed by atoms with Crippen LogP contribution in [0.5, 0.6) is 0 Å². The number of imide groups is 1. The fourth-order valence-electron chi connectivity index (χ4n) is 3.07. The Morgan fingerprint density at radius 2 is 1.55 bits per heavy atom. The maximum absolute atomic E-state index is 13.4. The van der Waals surface area contributed by atoms with Gasteiger partial charge in [0.2, 0.25) is 0 Å². The lowest BCUT2D eigenvalue weighted by atomic mass is 10.2. The Balaban J connectivity index is 1.79. The Morgan fingerprint density at radius 3 is 2.26 bits per heavy atom. The SMILES string of the molecule is Cc1ccccc1NC1=C(Sc2ccc(Cl)cc2)C(=O)N(c2cccc(Cl)c2Cl)C1=O. The van der Waals surface area contributed by atoms with E-state index >= 15 is 0 Å². The predicted octanol–water partition coefficient (Wildman–Crippen LogP) is 6.94. The zero-order chi connectivity index (χ0) is 22.1. The number of carbonyl (C=O) groups is 2. The maximum Gasteiger partial charge on any atom is 0.283 e. The van der Waals surface area contributed by atoms with E-state index in [0.717, 1.165) is 21.0 Å². The van der Waals surface area contributed by atoms with Gasteiger partial charge in [0.15, 0.2) is 0 Å². The minimum Gasteiger partial charge on any atom is -0.350 e. The predicted molar refractivity (Wildman–Crippen MR) is 128 cm³/mol. The van der Waals surface area contributed by atoms with Crippen LogP contribution >= 0.6 is 46.6 Å². The summed E-state index contributed by atoms with van der Waals surface area (Å²) in [5, 5.41) is 4.13. The van der Waals surface area contributed by atoms with Crippen molar-refractivity contribution in [3.05, 3.63) is 98.0 Å². The van der Waals surface area contributed by atoms with Crippen molar-refractivity contribution in [1.82, 2.24) is 0 Å². The summed E-state index contributed by atoms with van der Waals surface area (Å²) < 4.78 is 0. The van der Waals surface area contributed by atoms with Crippen molar-refractivity contribution in [2.45, 2.75) is 11.8 Å². The van der Waals surface area contributed by atoms with Gasteiger partial charge in [0.1, 0.15) is 10.6 Å². The maximum atomic E-state index is 13.4. The molecule has 1 N–H and O–H groups in total. The zero-order valence-electron chi connectivity index (χ0n) is 16.2. The van der Waals surface area contributed by atoms with E-state index in [1.165, 1.54) is 11.8 Å². The summed E-state index contributed by atoms with van der Waals surface area (Å²) in [6.07, 6.45) is 0. The molecule has 0 aliphatic carbocycles. The number of para-hydroxylation sites is 1. The van der Waals surface area contributed by atoms with E-state index in [4.69, 9.17) is 34.8 Å². The van der Waals surface area contributed by atoms with Crippen LogP contribution in [0, 0.1) is 6.92 Å². The smallest absolute Gasteiger partial charge is 0.283 e. The van der Waals surface area contributed by atoms with E-state index in [1.54, 1.807) is 42.5 Å². The van der Waals surface area contributed by atoms with Gasteiger partial charge in [0.25, 0.3) is 11.8 Å². The number of anilines is 2. The Labute approximate surface area is 198 Å². The van der Waals surface area contributed by atoms with Crippen molar-refractivity contribution in [2.75, 3.05) is 10.2 Å². The summed E-state index contributed by atoms with van der Waals surface area (Å²) in [6, 6.07) is 19.4. The number of nitrogens with zero attached hydrogens (tertiary/aromatic N) is 1. The van der Waals surface area contributed by atoms with E-state index in [9.17, 15) is 9.59 Å². The summed E-state index contributed by atoms with van der Waals surface area (Å²) in [6.45, 7) is 1.92. The molecule has 4 nitrogen and oxygen atoms in total. The largest absolute Gasteiger partial charge is 0.350 e. The highest BCUT2D eigenvalue weighted by molar-refractivity contribution is 8.04. The monoisotopic (exact) mass is 488 g/mol. The fourth-order valence-corrected chi connectivity index (χ4v) is 4.50. The van der Waals surface area contributed by atoms with E-state index in [2.05, 4.69) is 5.32 Å². The van der Waals surface area contributed by atoms with Crippen LogP contribution in [0.4, 0.5) is 11.4 Å². The van der Waals surface area contributed by atoms with Crippen LogP contribution < -0.4 is 10.2 Å². The molecule has 0 unspecified atom stereocenters. The molecule has 0 aromatic heterocycles. The molecule has 8 heteroatoms. The zero-order valence-corrected chi connectivity index (χ0v) is 19.2. The Kier molecular flexibility index (Phi) is 6.30. The van der Waals surface area contributed by atoms with Crippen molar-refractivity contribution >= 4 is 69.8 Å². The van der Waals surface area contributed by atoms with Crippen LogP contribution in [0.15, 0.2) is 82.2 Å². The van der Waals surface area contributed by atoms with Gasteiger partial charge in [-0.2, -0.15) is 0 Å². The third-order valence-electron chi connectivity index (χ3n) is 4.65. The number of amides is 2. The van der Waals surface area contributed by atoms with Gasteiger partial charge in [0.05, 0.1) is 15.7 Å². The molecular weight excluding hydrogens is 475 g/mol.